The van der Waals surface area contributed by atoms with Crippen LogP contribution >= 0.6 is 0 Å². The number of imidazole rings is 1. The number of amides is 1. The predicted molar refractivity (Wildman–Crippen MR) is 133 cm³/mol. The lowest BCUT2D eigenvalue weighted by Crippen LogP contribution is -2.53. The van der Waals surface area contributed by atoms with Crippen LogP contribution in [0, 0.1) is 6.92 Å². The molecule has 0 saturated carbocycles. The summed E-state index contributed by atoms with van der Waals surface area (Å²) in [6, 6.07) is 18.3. The third kappa shape index (κ3) is 5.00. The number of benzene rings is 2. The summed E-state index contributed by atoms with van der Waals surface area (Å²) >= 11 is 0. The van der Waals surface area contributed by atoms with Crippen LogP contribution in [0.2, 0.25) is 0 Å². The highest BCUT2D eigenvalue weighted by Gasteiger charge is 2.40. The van der Waals surface area contributed by atoms with Gasteiger partial charge in [-0.05, 0) is 43.2 Å². The second kappa shape index (κ2) is 9.60. The summed E-state index contributed by atoms with van der Waals surface area (Å²) in [4.78, 5) is 24.0. The number of aromatic nitrogens is 2. The van der Waals surface area contributed by atoms with Crippen molar-refractivity contribution in [2.45, 2.75) is 25.5 Å². The summed E-state index contributed by atoms with van der Waals surface area (Å²) in [7, 11) is 0. The lowest BCUT2D eigenvalue weighted by molar-refractivity contribution is 0.0103. The van der Waals surface area contributed by atoms with E-state index in [2.05, 4.69) is 43.6 Å². The third-order valence-electron chi connectivity index (χ3n) is 7.08. The number of hydrogen-bond acceptors (Lipinski definition) is 5. The molecular weight excluding hydrogens is 426 g/mol. The van der Waals surface area contributed by atoms with Crippen molar-refractivity contribution in [2.75, 3.05) is 50.7 Å². The number of piperazine rings is 1. The van der Waals surface area contributed by atoms with Crippen molar-refractivity contribution in [1.29, 1.82) is 0 Å². The molecule has 34 heavy (non-hydrogen) atoms. The number of carbonyl (C=O) groups is 1. The molecule has 178 valence electrons. The number of para-hydroxylation sites is 1. The fourth-order valence-electron chi connectivity index (χ4n) is 5.13. The van der Waals surface area contributed by atoms with Crippen LogP contribution in [0.25, 0.3) is 0 Å². The van der Waals surface area contributed by atoms with Crippen LogP contribution in [0.1, 0.15) is 28.2 Å². The van der Waals surface area contributed by atoms with Crippen LogP contribution in [0.3, 0.4) is 0 Å². The highest BCUT2D eigenvalue weighted by atomic mass is 16.3. The number of carbonyl (C=O) groups excluding carboxylic acids is 1. The molecule has 2 aliphatic heterocycles. The van der Waals surface area contributed by atoms with E-state index in [-0.39, 0.29) is 5.91 Å². The van der Waals surface area contributed by atoms with Gasteiger partial charge in [0.25, 0.3) is 5.91 Å². The number of hydrogen-bond donors (Lipinski definition) is 1. The maximum absolute atomic E-state index is 13.2. The number of nitrogens with zero attached hydrogens (tertiary/aromatic N) is 5. The minimum absolute atomic E-state index is 0.00553. The molecule has 3 aromatic rings. The monoisotopic (exact) mass is 459 g/mol. The Morgan fingerprint density at radius 2 is 1.82 bits per heavy atom. The summed E-state index contributed by atoms with van der Waals surface area (Å²) < 4.78 is 2.07. The second-order valence-electron chi connectivity index (χ2n) is 9.60. The number of aliphatic hydroxyl groups is 1. The van der Waals surface area contributed by atoms with Gasteiger partial charge in [0.1, 0.15) is 5.82 Å². The van der Waals surface area contributed by atoms with Gasteiger partial charge in [0.2, 0.25) is 0 Å². The Bertz CT molecular complexity index is 1120. The van der Waals surface area contributed by atoms with Gasteiger partial charge in [-0.25, -0.2) is 4.98 Å². The molecule has 1 amide bonds. The third-order valence-corrected chi connectivity index (χ3v) is 7.08. The fourth-order valence-corrected chi connectivity index (χ4v) is 5.13. The molecule has 3 heterocycles. The van der Waals surface area contributed by atoms with Crippen LogP contribution < -0.4 is 4.90 Å². The molecule has 0 radical (unpaired) electrons. The lowest BCUT2D eigenvalue weighted by Gasteiger charge is -2.39. The van der Waals surface area contributed by atoms with Crippen LogP contribution in [-0.4, -0.2) is 81.8 Å². The Morgan fingerprint density at radius 3 is 2.56 bits per heavy atom. The first-order valence-electron chi connectivity index (χ1n) is 12.1. The molecule has 1 atom stereocenters. The Hall–Kier alpha value is -3.16. The second-order valence-corrected chi connectivity index (χ2v) is 9.60. The molecule has 2 saturated heterocycles. The molecule has 2 aliphatic rings. The van der Waals surface area contributed by atoms with Gasteiger partial charge in [0, 0.05) is 69.5 Å². The summed E-state index contributed by atoms with van der Waals surface area (Å²) in [5.74, 6) is 0.944. The maximum atomic E-state index is 13.2. The standard InChI is InChI=1S/C27H33N5O2/c1-22-28-11-13-31(22)19-23-6-5-7-24(18-23)26(33)32-12-10-27(34,21-32)20-29-14-16-30(17-15-29)25-8-3-2-4-9-25/h2-9,11,13,18,34H,10,12,14-17,19-21H2,1H3/t27-/m0/s1. The number of aryl methyl sites for hydroxylation is 1. The molecule has 7 heteroatoms. The van der Waals surface area contributed by atoms with Gasteiger partial charge in [-0.15, -0.1) is 0 Å². The van der Waals surface area contributed by atoms with Gasteiger partial charge < -0.3 is 19.5 Å². The topological polar surface area (TPSA) is 64.8 Å². The average molecular weight is 460 g/mol. The van der Waals surface area contributed by atoms with E-state index in [4.69, 9.17) is 0 Å². The van der Waals surface area contributed by atoms with Crippen molar-refractivity contribution in [3.63, 3.8) is 0 Å². The smallest absolute Gasteiger partial charge is 0.253 e. The van der Waals surface area contributed by atoms with Gasteiger partial charge >= 0.3 is 0 Å². The van der Waals surface area contributed by atoms with Crippen molar-refractivity contribution >= 4 is 11.6 Å². The van der Waals surface area contributed by atoms with E-state index < -0.39 is 5.60 Å². The van der Waals surface area contributed by atoms with Crippen molar-refractivity contribution in [1.82, 2.24) is 19.4 Å². The molecule has 5 rings (SSSR count). The van der Waals surface area contributed by atoms with E-state index in [0.29, 0.717) is 38.2 Å². The number of rotatable bonds is 6. The van der Waals surface area contributed by atoms with Crippen molar-refractivity contribution in [3.8, 4) is 0 Å². The van der Waals surface area contributed by atoms with Crippen LogP contribution in [-0.2, 0) is 6.54 Å². The summed E-state index contributed by atoms with van der Waals surface area (Å²) in [6.07, 6.45) is 4.35. The van der Waals surface area contributed by atoms with E-state index in [1.807, 2.05) is 48.4 Å². The van der Waals surface area contributed by atoms with Gasteiger partial charge in [0.05, 0.1) is 12.1 Å². The minimum atomic E-state index is -0.851. The fraction of sp³-hybridized carbons (Fsp3) is 0.407. The zero-order valence-electron chi connectivity index (χ0n) is 19.8. The SMILES string of the molecule is Cc1nccn1Cc1cccc(C(=O)N2CC[C@](O)(CN3CCN(c4ccccc4)CC3)C2)c1. The minimum Gasteiger partial charge on any atom is -0.387 e. The van der Waals surface area contributed by atoms with Crippen molar-refractivity contribution < 1.29 is 9.90 Å². The first kappa shape index (κ1) is 22.6. The van der Waals surface area contributed by atoms with E-state index >= 15 is 0 Å². The van der Waals surface area contributed by atoms with Gasteiger partial charge in [-0.3, -0.25) is 9.69 Å². The molecule has 2 aromatic carbocycles. The van der Waals surface area contributed by atoms with E-state index in [9.17, 15) is 9.90 Å². The van der Waals surface area contributed by atoms with E-state index in [0.717, 1.165) is 37.6 Å². The Morgan fingerprint density at radius 1 is 1.03 bits per heavy atom. The molecule has 0 unspecified atom stereocenters. The van der Waals surface area contributed by atoms with Gasteiger partial charge in [-0.2, -0.15) is 0 Å². The molecule has 0 bridgehead atoms. The first-order chi connectivity index (χ1) is 16.5. The largest absolute Gasteiger partial charge is 0.387 e. The number of likely N-dealkylation sites (tertiary alicyclic amines) is 1. The molecular formula is C27H33N5O2. The van der Waals surface area contributed by atoms with Gasteiger partial charge in [0.15, 0.2) is 0 Å². The zero-order valence-corrected chi connectivity index (χ0v) is 19.8. The highest BCUT2D eigenvalue weighted by Crippen LogP contribution is 2.26. The predicted octanol–water partition coefficient (Wildman–Crippen LogP) is 2.64. The van der Waals surface area contributed by atoms with E-state index in [1.165, 1.54) is 5.69 Å². The zero-order chi connectivity index (χ0) is 23.5. The molecule has 0 aliphatic carbocycles. The molecule has 7 nitrogen and oxygen atoms in total. The quantitative estimate of drug-likeness (QED) is 0.614. The first-order valence-corrected chi connectivity index (χ1v) is 12.1. The highest BCUT2D eigenvalue weighted by molar-refractivity contribution is 5.94. The normalized spacial score (nSPS) is 21.2. The van der Waals surface area contributed by atoms with Crippen molar-refractivity contribution in [3.05, 3.63) is 83.9 Å². The van der Waals surface area contributed by atoms with Gasteiger partial charge in [-0.1, -0.05) is 30.3 Å². The van der Waals surface area contributed by atoms with Crippen molar-refractivity contribution in [2.24, 2.45) is 0 Å². The summed E-state index contributed by atoms with van der Waals surface area (Å²) in [5, 5.41) is 11.3. The number of anilines is 1. The molecule has 2 fully saturated rings. The van der Waals surface area contributed by atoms with E-state index in [1.54, 1.807) is 6.20 Å². The molecule has 1 aromatic heterocycles. The Balaban J connectivity index is 1.16. The Labute approximate surface area is 201 Å². The average Bonchev–Trinajstić information content (AvgIpc) is 3.45. The number of β-amino-alcohol motifs (C(OH)–C–C–N with tert-alkyl or cyclic N) is 1. The Kier molecular flexibility index (Phi) is 6.39. The molecule has 0 spiro atoms. The molecule has 1 N–H and O–H groups in total. The lowest BCUT2D eigenvalue weighted by atomic mass is 10.0. The maximum Gasteiger partial charge on any atom is 0.253 e. The van der Waals surface area contributed by atoms with Crippen LogP contribution in [0.4, 0.5) is 5.69 Å². The van der Waals surface area contributed by atoms with Crippen LogP contribution in [0.5, 0.6) is 0 Å². The summed E-state index contributed by atoms with van der Waals surface area (Å²) in [6.45, 7) is 7.98. The summed E-state index contributed by atoms with van der Waals surface area (Å²) in [5.41, 5.74) is 2.15. The van der Waals surface area contributed by atoms with Crippen LogP contribution in [0.15, 0.2) is 67.0 Å².